The van der Waals surface area contributed by atoms with Crippen LogP contribution in [-0.2, 0) is 19.1 Å². The maximum Gasteiger partial charge on any atom is 0.355 e. The average Bonchev–Trinajstić information content (AvgIpc) is 2.64. The first-order chi connectivity index (χ1) is 13.3. The van der Waals surface area contributed by atoms with Crippen LogP contribution in [0.1, 0.15) is 25.0 Å². The van der Waals surface area contributed by atoms with E-state index in [1.54, 1.807) is 42.5 Å². The molecule has 0 aliphatic heterocycles. The van der Waals surface area contributed by atoms with Crippen molar-refractivity contribution in [1.29, 1.82) is 0 Å². The molecule has 0 bridgehead atoms. The first-order valence-electron chi connectivity index (χ1n) is 8.58. The maximum absolute atomic E-state index is 12.5. The molecule has 0 saturated heterocycles. The Balaban J connectivity index is 2.11. The number of ether oxygens (including phenoxy) is 1. The molecule has 0 unspecified atom stereocenters. The van der Waals surface area contributed by atoms with Gasteiger partial charge in [0.2, 0.25) is 5.91 Å². The highest BCUT2D eigenvalue weighted by Crippen LogP contribution is 2.20. The van der Waals surface area contributed by atoms with E-state index in [2.05, 4.69) is 10.6 Å². The van der Waals surface area contributed by atoms with Gasteiger partial charge in [-0.2, -0.15) is 0 Å². The Kier molecular flexibility index (Phi) is 7.35. The van der Waals surface area contributed by atoms with Gasteiger partial charge in [0.1, 0.15) is 5.70 Å². The Labute approximate surface area is 168 Å². The highest BCUT2D eigenvalue weighted by molar-refractivity contribution is 6.31. The number of carbonyl (C=O) groups is 3. The van der Waals surface area contributed by atoms with Crippen LogP contribution in [0.2, 0.25) is 5.02 Å². The van der Waals surface area contributed by atoms with Gasteiger partial charge in [0.25, 0.3) is 5.91 Å². The number of amides is 2. The van der Waals surface area contributed by atoms with E-state index in [0.29, 0.717) is 16.3 Å². The summed E-state index contributed by atoms with van der Waals surface area (Å²) in [5, 5.41) is 5.59. The summed E-state index contributed by atoms with van der Waals surface area (Å²) in [4.78, 5) is 36.3. The van der Waals surface area contributed by atoms with Gasteiger partial charge in [-0.25, -0.2) is 4.79 Å². The molecule has 7 heteroatoms. The highest BCUT2D eigenvalue weighted by atomic mass is 35.5. The monoisotopic (exact) mass is 400 g/mol. The second-order valence-corrected chi connectivity index (χ2v) is 6.58. The average molecular weight is 401 g/mol. The van der Waals surface area contributed by atoms with E-state index in [-0.39, 0.29) is 5.70 Å². The van der Waals surface area contributed by atoms with Gasteiger partial charge >= 0.3 is 5.97 Å². The number of carbonyl (C=O) groups excluding carboxylic acids is 3. The summed E-state index contributed by atoms with van der Waals surface area (Å²) in [6, 6.07) is 14.1. The number of nitrogens with one attached hydrogen (secondary N) is 2. The Morgan fingerprint density at radius 2 is 1.79 bits per heavy atom. The molecule has 0 saturated carbocycles. The summed E-state index contributed by atoms with van der Waals surface area (Å²) in [5.41, 5.74) is 1.99. The molecule has 1 atom stereocenters. The van der Waals surface area contributed by atoms with E-state index in [1.165, 1.54) is 19.9 Å². The number of benzene rings is 2. The van der Waals surface area contributed by atoms with Crippen LogP contribution in [0.5, 0.6) is 0 Å². The fourth-order valence-corrected chi connectivity index (χ4v) is 2.46. The van der Waals surface area contributed by atoms with Crippen LogP contribution < -0.4 is 10.6 Å². The molecule has 2 N–H and O–H groups in total. The molecule has 0 aliphatic carbocycles. The lowest BCUT2D eigenvalue weighted by molar-refractivity contribution is -0.149. The SMILES string of the molecule is CC(=O)N/C(=C\c1ccccc1)C(=O)O[C@H](C)C(=O)Nc1cc(Cl)ccc1C. The van der Waals surface area contributed by atoms with Crippen LogP contribution in [0.15, 0.2) is 54.2 Å². The fraction of sp³-hybridized carbons (Fsp3) is 0.190. The number of hydrogen-bond acceptors (Lipinski definition) is 4. The van der Waals surface area contributed by atoms with Crippen LogP contribution in [0.3, 0.4) is 0 Å². The Bertz CT molecular complexity index is 910. The standard InChI is InChI=1S/C21H21ClN2O4/c1-13-9-10-17(22)12-18(13)24-20(26)14(2)28-21(27)19(23-15(3)25)11-16-7-5-4-6-8-16/h4-12,14H,1-3H3,(H,23,25)(H,24,26)/b19-11-/t14-/m1/s1. The van der Waals surface area contributed by atoms with Gasteiger partial charge in [-0.3, -0.25) is 9.59 Å². The number of aryl methyl sites for hydroxylation is 1. The summed E-state index contributed by atoms with van der Waals surface area (Å²) in [7, 11) is 0. The Hall–Kier alpha value is -3.12. The van der Waals surface area contributed by atoms with Crippen molar-refractivity contribution < 1.29 is 19.1 Å². The van der Waals surface area contributed by atoms with Crippen molar-refractivity contribution in [2.45, 2.75) is 26.9 Å². The third-order valence-corrected chi connectivity index (χ3v) is 3.99. The van der Waals surface area contributed by atoms with Gasteiger partial charge in [-0.1, -0.05) is 48.0 Å². The molecule has 0 spiro atoms. The largest absolute Gasteiger partial charge is 0.448 e. The number of esters is 1. The second kappa shape index (κ2) is 9.71. The number of hydrogen-bond donors (Lipinski definition) is 2. The molecular weight excluding hydrogens is 380 g/mol. The second-order valence-electron chi connectivity index (χ2n) is 6.15. The van der Waals surface area contributed by atoms with E-state index in [0.717, 1.165) is 5.56 Å². The van der Waals surface area contributed by atoms with Crippen LogP contribution >= 0.6 is 11.6 Å². The fourth-order valence-electron chi connectivity index (χ4n) is 2.29. The molecule has 2 aromatic carbocycles. The lowest BCUT2D eigenvalue weighted by atomic mass is 10.2. The summed E-state index contributed by atoms with van der Waals surface area (Å²) >= 11 is 5.95. The van der Waals surface area contributed by atoms with Crippen LogP contribution in [0.25, 0.3) is 6.08 Å². The molecule has 0 heterocycles. The van der Waals surface area contributed by atoms with E-state index >= 15 is 0 Å². The molecule has 0 radical (unpaired) electrons. The quantitative estimate of drug-likeness (QED) is 0.572. The predicted molar refractivity (Wildman–Crippen MR) is 109 cm³/mol. The van der Waals surface area contributed by atoms with Crippen molar-refractivity contribution in [3.63, 3.8) is 0 Å². The highest BCUT2D eigenvalue weighted by Gasteiger charge is 2.22. The first kappa shape index (κ1) is 21.2. The molecule has 0 aliphatic rings. The molecule has 2 aromatic rings. The number of halogens is 1. The zero-order chi connectivity index (χ0) is 20.7. The molecule has 2 amide bonds. The van der Waals surface area contributed by atoms with E-state index in [4.69, 9.17) is 16.3 Å². The Morgan fingerprint density at radius 3 is 2.43 bits per heavy atom. The minimum absolute atomic E-state index is 0.0581. The molecule has 6 nitrogen and oxygen atoms in total. The van der Waals surface area contributed by atoms with Crippen molar-refractivity contribution in [2.24, 2.45) is 0 Å². The van der Waals surface area contributed by atoms with Gasteiger partial charge in [-0.05, 0) is 43.2 Å². The van der Waals surface area contributed by atoms with E-state index in [1.807, 2.05) is 13.0 Å². The lowest BCUT2D eigenvalue weighted by Gasteiger charge is -2.16. The molecule has 2 rings (SSSR count). The third-order valence-electron chi connectivity index (χ3n) is 3.75. The first-order valence-corrected chi connectivity index (χ1v) is 8.96. The van der Waals surface area contributed by atoms with Gasteiger partial charge in [0, 0.05) is 17.6 Å². The van der Waals surface area contributed by atoms with Gasteiger partial charge in [-0.15, -0.1) is 0 Å². The van der Waals surface area contributed by atoms with Crippen molar-refractivity contribution in [2.75, 3.05) is 5.32 Å². The van der Waals surface area contributed by atoms with E-state index < -0.39 is 23.9 Å². The zero-order valence-corrected chi connectivity index (χ0v) is 16.5. The maximum atomic E-state index is 12.5. The lowest BCUT2D eigenvalue weighted by Crippen LogP contribution is -2.34. The van der Waals surface area contributed by atoms with Crippen molar-refractivity contribution in [3.05, 3.63) is 70.4 Å². The summed E-state index contributed by atoms with van der Waals surface area (Å²) in [6.45, 7) is 4.55. The van der Waals surface area contributed by atoms with Crippen LogP contribution in [-0.4, -0.2) is 23.9 Å². The van der Waals surface area contributed by atoms with Crippen molar-refractivity contribution >= 4 is 41.1 Å². The third kappa shape index (κ3) is 6.25. The van der Waals surface area contributed by atoms with Crippen LogP contribution in [0.4, 0.5) is 5.69 Å². The molecular formula is C21H21ClN2O4. The van der Waals surface area contributed by atoms with Gasteiger partial charge in [0.05, 0.1) is 0 Å². The molecule has 0 fully saturated rings. The smallest absolute Gasteiger partial charge is 0.355 e. The Morgan fingerprint density at radius 1 is 1.11 bits per heavy atom. The molecule has 0 aromatic heterocycles. The summed E-state index contributed by atoms with van der Waals surface area (Å²) in [6.07, 6.45) is 0.397. The molecule has 146 valence electrons. The normalized spacial score (nSPS) is 12.1. The van der Waals surface area contributed by atoms with Gasteiger partial charge in [0.15, 0.2) is 6.10 Å². The van der Waals surface area contributed by atoms with Crippen molar-refractivity contribution in [1.82, 2.24) is 5.32 Å². The van der Waals surface area contributed by atoms with Crippen LogP contribution in [0, 0.1) is 6.92 Å². The summed E-state index contributed by atoms with van der Waals surface area (Å²) in [5.74, 6) is -1.75. The van der Waals surface area contributed by atoms with E-state index in [9.17, 15) is 14.4 Å². The molecule has 28 heavy (non-hydrogen) atoms. The minimum Gasteiger partial charge on any atom is -0.448 e. The number of anilines is 1. The van der Waals surface area contributed by atoms with Gasteiger partial charge < -0.3 is 15.4 Å². The minimum atomic E-state index is -1.08. The summed E-state index contributed by atoms with van der Waals surface area (Å²) < 4.78 is 5.22. The zero-order valence-electron chi connectivity index (χ0n) is 15.8. The number of rotatable bonds is 6. The predicted octanol–water partition coefficient (Wildman–Crippen LogP) is 3.70. The topological polar surface area (TPSA) is 84.5 Å². The van der Waals surface area contributed by atoms with Crippen molar-refractivity contribution in [3.8, 4) is 0 Å².